The molecule has 0 bridgehead atoms. The fourth-order valence-corrected chi connectivity index (χ4v) is 3.87. The van der Waals surface area contributed by atoms with Gasteiger partial charge in [-0.2, -0.15) is 3.89 Å². The van der Waals surface area contributed by atoms with Gasteiger partial charge in [0.2, 0.25) is 0 Å². The third kappa shape index (κ3) is 5.97. The lowest BCUT2D eigenvalue weighted by Gasteiger charge is -2.33. The number of hydrogen-bond acceptors (Lipinski definition) is 3. The van der Waals surface area contributed by atoms with Crippen LogP contribution in [0.2, 0.25) is 0 Å². The smallest absolute Gasteiger partial charge is 0.354 e. The van der Waals surface area contributed by atoms with E-state index in [1.54, 1.807) is 0 Å². The summed E-state index contributed by atoms with van der Waals surface area (Å²) in [5.41, 5.74) is 5.72. The van der Waals surface area contributed by atoms with E-state index in [0.29, 0.717) is 0 Å². The molecule has 2 N–H and O–H groups in total. The molecule has 20 heavy (non-hydrogen) atoms. The Morgan fingerprint density at radius 1 is 1.10 bits per heavy atom. The monoisotopic (exact) mass is 320 g/mol. The molecule has 0 aliphatic rings. The summed E-state index contributed by atoms with van der Waals surface area (Å²) in [5.74, 6) is 0. The van der Waals surface area contributed by atoms with Crippen LogP contribution in [0.4, 0.5) is 4.79 Å². The third-order valence-electron chi connectivity index (χ3n) is 3.42. The molecule has 0 aliphatic carbocycles. The number of urea groups is 1. The van der Waals surface area contributed by atoms with Gasteiger partial charge in [0.1, 0.15) is 0 Å². The van der Waals surface area contributed by atoms with Crippen molar-refractivity contribution in [2.45, 2.75) is 53.4 Å². The molecular formula is C14H30N3OS2+. The Labute approximate surface area is 133 Å². The van der Waals surface area contributed by atoms with Gasteiger partial charge in [0, 0.05) is 13.1 Å². The van der Waals surface area contributed by atoms with Crippen LogP contribution in [0.5, 0.6) is 0 Å². The number of unbranched alkanes of at least 4 members (excludes halogenated alkanes) is 2. The Morgan fingerprint density at radius 3 is 1.85 bits per heavy atom. The molecule has 118 valence electrons. The van der Waals surface area contributed by atoms with E-state index in [9.17, 15) is 4.79 Å². The van der Waals surface area contributed by atoms with Gasteiger partial charge in [0.15, 0.2) is 16.3 Å². The van der Waals surface area contributed by atoms with Gasteiger partial charge in [-0.1, -0.05) is 26.7 Å². The summed E-state index contributed by atoms with van der Waals surface area (Å²) in [6, 6.07) is -0.272. The molecule has 0 heterocycles. The van der Waals surface area contributed by atoms with Crippen LogP contribution in [0.25, 0.3) is 0 Å². The molecule has 2 amide bonds. The van der Waals surface area contributed by atoms with Crippen molar-refractivity contribution in [3.8, 4) is 0 Å². The number of nitrogens with zero attached hydrogens (tertiary/aromatic N) is 2. The zero-order valence-corrected chi connectivity index (χ0v) is 15.0. The number of carbonyl (C=O) groups excluding carboxylic acids is 1. The maximum atomic E-state index is 12.1. The molecule has 4 nitrogen and oxygen atoms in total. The molecule has 0 rings (SSSR count). The van der Waals surface area contributed by atoms with Gasteiger partial charge in [-0.05, 0) is 38.9 Å². The van der Waals surface area contributed by atoms with E-state index in [0.717, 1.165) is 56.2 Å². The molecule has 0 aromatic carbocycles. The Bertz CT molecular complexity index is 299. The summed E-state index contributed by atoms with van der Waals surface area (Å²) in [7, 11) is 0. The minimum atomic E-state index is -0.272. The minimum absolute atomic E-state index is 0.233. The molecule has 0 aromatic rings. The molecule has 0 saturated heterocycles. The second kappa shape index (κ2) is 10.4. The van der Waals surface area contributed by atoms with Crippen molar-refractivity contribution in [2.75, 3.05) is 26.2 Å². The Balaban J connectivity index is 5.05. The van der Waals surface area contributed by atoms with Crippen molar-refractivity contribution in [3.63, 3.8) is 0 Å². The zero-order chi connectivity index (χ0) is 15.6. The highest BCUT2D eigenvalue weighted by Gasteiger charge is 2.38. The largest absolute Gasteiger partial charge is 0.425 e. The summed E-state index contributed by atoms with van der Waals surface area (Å²) in [5, 5.41) is 0. The quantitative estimate of drug-likeness (QED) is 0.420. The summed E-state index contributed by atoms with van der Waals surface area (Å²) >= 11 is 6.97. The molecular weight excluding hydrogens is 290 g/mol. The van der Waals surface area contributed by atoms with Gasteiger partial charge in [-0.3, -0.25) is 0 Å². The number of thiocarbonyl (C=S) groups is 1. The first-order chi connectivity index (χ1) is 9.47. The number of nitrogens with two attached hydrogens (primary N) is 1. The van der Waals surface area contributed by atoms with Crippen molar-refractivity contribution in [1.82, 2.24) is 4.90 Å². The van der Waals surface area contributed by atoms with E-state index in [-0.39, 0.29) is 9.92 Å². The van der Waals surface area contributed by atoms with E-state index >= 15 is 0 Å². The molecule has 0 spiro atoms. The van der Waals surface area contributed by atoms with E-state index < -0.39 is 0 Å². The van der Waals surface area contributed by atoms with E-state index in [2.05, 4.69) is 32.6 Å². The SMILES string of the molecule is CCCC[N+](CCCC)(SC(=S)N(CC)CC)C(N)=O. The number of carbonyl (C=O) groups is 1. The van der Waals surface area contributed by atoms with Crippen LogP contribution < -0.4 is 5.73 Å². The number of rotatable bonds is 8. The highest BCUT2D eigenvalue weighted by Crippen LogP contribution is 2.28. The summed E-state index contributed by atoms with van der Waals surface area (Å²) in [6.07, 6.45) is 4.08. The average Bonchev–Trinajstić information content (AvgIpc) is 2.43. The molecule has 0 unspecified atom stereocenters. The highest BCUT2D eigenvalue weighted by molar-refractivity contribution is 8.19. The average molecular weight is 321 g/mol. The van der Waals surface area contributed by atoms with Crippen molar-refractivity contribution in [1.29, 1.82) is 0 Å². The number of amides is 2. The molecule has 0 atom stereocenters. The molecule has 0 aromatic heterocycles. The van der Waals surface area contributed by atoms with Crippen LogP contribution in [0.15, 0.2) is 0 Å². The van der Waals surface area contributed by atoms with E-state index in [1.165, 1.54) is 11.9 Å². The van der Waals surface area contributed by atoms with Crippen molar-refractivity contribution in [3.05, 3.63) is 0 Å². The molecule has 6 heteroatoms. The van der Waals surface area contributed by atoms with Crippen molar-refractivity contribution < 1.29 is 8.68 Å². The maximum absolute atomic E-state index is 12.1. The third-order valence-corrected chi connectivity index (χ3v) is 5.21. The maximum Gasteiger partial charge on any atom is 0.425 e. The summed E-state index contributed by atoms with van der Waals surface area (Å²) in [6.45, 7) is 11.7. The Hall–Kier alpha value is -0.330. The van der Waals surface area contributed by atoms with Crippen LogP contribution >= 0.6 is 24.2 Å². The van der Waals surface area contributed by atoms with Gasteiger partial charge in [-0.25, -0.2) is 4.79 Å². The lowest BCUT2D eigenvalue weighted by Crippen LogP contribution is -2.53. The van der Waals surface area contributed by atoms with Gasteiger partial charge in [0.05, 0.1) is 13.1 Å². The van der Waals surface area contributed by atoms with Crippen LogP contribution in [-0.2, 0) is 0 Å². The lowest BCUT2D eigenvalue weighted by atomic mass is 10.3. The summed E-state index contributed by atoms with van der Waals surface area (Å²) < 4.78 is 1.01. The Morgan fingerprint density at radius 2 is 1.55 bits per heavy atom. The molecule has 0 radical (unpaired) electrons. The predicted octanol–water partition coefficient (Wildman–Crippen LogP) is 3.76. The Kier molecular flexibility index (Phi) is 10.2. The van der Waals surface area contributed by atoms with Crippen LogP contribution in [0.3, 0.4) is 0 Å². The van der Waals surface area contributed by atoms with Gasteiger partial charge >= 0.3 is 6.03 Å². The van der Waals surface area contributed by atoms with Gasteiger partial charge < -0.3 is 10.6 Å². The fraction of sp³-hybridized carbons (Fsp3) is 0.857. The number of hydrogen-bond donors (Lipinski definition) is 1. The van der Waals surface area contributed by atoms with Crippen molar-refractivity contribution >= 4 is 34.5 Å². The predicted molar refractivity (Wildman–Crippen MR) is 92.5 cm³/mol. The van der Waals surface area contributed by atoms with Crippen LogP contribution in [0.1, 0.15) is 53.4 Å². The molecule has 0 fully saturated rings. The van der Waals surface area contributed by atoms with Gasteiger partial charge in [0.25, 0.3) is 0 Å². The first-order valence-corrected chi connectivity index (χ1v) is 8.81. The number of primary amides is 1. The first-order valence-electron chi connectivity index (χ1n) is 7.62. The summed E-state index contributed by atoms with van der Waals surface area (Å²) in [4.78, 5) is 14.2. The fourth-order valence-electron chi connectivity index (χ4n) is 1.98. The van der Waals surface area contributed by atoms with Crippen molar-refractivity contribution in [2.24, 2.45) is 5.73 Å². The minimum Gasteiger partial charge on any atom is -0.354 e. The van der Waals surface area contributed by atoms with E-state index in [1.807, 2.05) is 0 Å². The highest BCUT2D eigenvalue weighted by atomic mass is 32.2. The standard InChI is InChI=1S/C14H29N3OS2/c1-5-9-11-17(13(15)18,12-10-6-2)20-14(19)16(7-3)8-4/h5-12H2,1-4H3,(H-,15,18)/p+1. The van der Waals surface area contributed by atoms with Gasteiger partial charge in [-0.15, -0.1) is 0 Å². The molecule has 0 saturated carbocycles. The lowest BCUT2D eigenvalue weighted by molar-refractivity contribution is -0.708. The topological polar surface area (TPSA) is 46.3 Å². The second-order valence-electron chi connectivity index (χ2n) is 4.91. The normalized spacial score (nSPS) is 11.4. The molecule has 0 aliphatic heterocycles. The zero-order valence-electron chi connectivity index (χ0n) is 13.4. The van der Waals surface area contributed by atoms with Crippen LogP contribution in [0, 0.1) is 0 Å². The van der Waals surface area contributed by atoms with E-state index in [4.69, 9.17) is 18.0 Å². The first kappa shape index (κ1) is 19.7. The number of quaternary nitrogens is 1. The second-order valence-corrected chi connectivity index (χ2v) is 6.82. The van der Waals surface area contributed by atoms with Crippen LogP contribution in [-0.4, -0.2) is 45.3 Å².